The Labute approximate surface area is 155 Å². The maximum Gasteiger partial charge on any atom is 0.281 e. The minimum atomic E-state index is -0.402. The van der Waals surface area contributed by atoms with Crippen LogP contribution in [0.1, 0.15) is 42.8 Å². The summed E-state index contributed by atoms with van der Waals surface area (Å²) in [7, 11) is 0. The number of hydrogen-bond acceptors (Lipinski definition) is 7. The van der Waals surface area contributed by atoms with E-state index in [2.05, 4.69) is 20.7 Å². The molecule has 0 bridgehead atoms. The summed E-state index contributed by atoms with van der Waals surface area (Å²) in [5.41, 5.74) is 6.76. The second-order valence-corrected chi connectivity index (χ2v) is 7.11. The molecule has 2 aromatic heterocycles. The lowest BCUT2D eigenvalue weighted by Crippen LogP contribution is -2.41. The zero-order chi connectivity index (χ0) is 18.8. The van der Waals surface area contributed by atoms with Crippen LogP contribution in [0.4, 0.5) is 5.13 Å². The Morgan fingerprint density at radius 3 is 2.31 bits per heavy atom. The summed E-state index contributed by atoms with van der Waals surface area (Å²) >= 11 is 1.31. The molecule has 0 aromatic carbocycles. The van der Waals surface area contributed by atoms with E-state index < -0.39 is 5.91 Å². The van der Waals surface area contributed by atoms with E-state index in [1.54, 1.807) is 20.8 Å². The van der Waals surface area contributed by atoms with Crippen molar-refractivity contribution in [2.24, 2.45) is 0 Å². The Morgan fingerprint density at radius 2 is 1.69 bits per heavy atom. The van der Waals surface area contributed by atoms with Gasteiger partial charge in [-0.15, -0.1) is 0 Å². The van der Waals surface area contributed by atoms with E-state index in [0.29, 0.717) is 40.9 Å². The summed E-state index contributed by atoms with van der Waals surface area (Å²) in [6.45, 7) is 9.92. The van der Waals surface area contributed by atoms with Gasteiger partial charge in [0.05, 0.1) is 24.5 Å². The topological polar surface area (TPSA) is 96.7 Å². The SMILES string of the molecule is Cc1nc(N2CCOCC2)sc1C(=O)NNC(=O)c1c(C)oc(C)c1C. The van der Waals surface area contributed by atoms with Crippen LogP contribution in [0, 0.1) is 27.7 Å². The number of nitrogens with one attached hydrogen (secondary N) is 2. The lowest BCUT2D eigenvalue weighted by Gasteiger charge is -2.25. The summed E-state index contributed by atoms with van der Waals surface area (Å²) in [4.78, 5) is 31.8. The molecular formula is C17H22N4O4S. The first-order valence-corrected chi connectivity index (χ1v) is 9.17. The van der Waals surface area contributed by atoms with Crippen molar-refractivity contribution < 1.29 is 18.7 Å². The Balaban J connectivity index is 1.66. The van der Waals surface area contributed by atoms with Crippen molar-refractivity contribution in [2.45, 2.75) is 27.7 Å². The van der Waals surface area contributed by atoms with Gasteiger partial charge in [-0.2, -0.15) is 0 Å². The van der Waals surface area contributed by atoms with E-state index in [-0.39, 0.29) is 5.91 Å². The predicted octanol–water partition coefficient (Wildman–Crippen LogP) is 1.88. The first-order chi connectivity index (χ1) is 12.4. The summed E-state index contributed by atoms with van der Waals surface area (Å²) in [5.74, 6) is 0.423. The number of hydrogen-bond donors (Lipinski definition) is 2. The van der Waals surface area contributed by atoms with Gasteiger partial charge in [-0.25, -0.2) is 4.98 Å². The van der Waals surface area contributed by atoms with Gasteiger partial charge in [0, 0.05) is 18.7 Å². The van der Waals surface area contributed by atoms with Gasteiger partial charge in [0.2, 0.25) is 0 Å². The van der Waals surface area contributed by atoms with Gasteiger partial charge in [-0.1, -0.05) is 11.3 Å². The molecule has 2 N–H and O–H groups in total. The highest BCUT2D eigenvalue weighted by atomic mass is 32.1. The van der Waals surface area contributed by atoms with E-state index in [9.17, 15) is 9.59 Å². The third-order valence-corrected chi connectivity index (χ3v) is 5.57. The number of aromatic nitrogens is 1. The highest BCUT2D eigenvalue weighted by molar-refractivity contribution is 7.17. The van der Waals surface area contributed by atoms with Gasteiger partial charge < -0.3 is 14.1 Å². The Morgan fingerprint density at radius 1 is 1.04 bits per heavy atom. The molecule has 1 fully saturated rings. The molecular weight excluding hydrogens is 356 g/mol. The molecule has 0 radical (unpaired) electrons. The van der Waals surface area contributed by atoms with Crippen LogP contribution in [0.25, 0.3) is 0 Å². The minimum Gasteiger partial charge on any atom is -0.466 e. The maximum absolute atomic E-state index is 12.5. The molecule has 0 unspecified atom stereocenters. The molecule has 9 heteroatoms. The fraction of sp³-hybridized carbons (Fsp3) is 0.471. The monoisotopic (exact) mass is 378 g/mol. The minimum absolute atomic E-state index is 0.386. The molecule has 1 aliphatic rings. The van der Waals surface area contributed by atoms with Crippen molar-refractivity contribution in [3.63, 3.8) is 0 Å². The lowest BCUT2D eigenvalue weighted by molar-refractivity contribution is 0.0847. The van der Waals surface area contributed by atoms with Crippen molar-refractivity contribution in [3.05, 3.63) is 33.2 Å². The molecule has 26 heavy (non-hydrogen) atoms. The average molecular weight is 378 g/mol. The van der Waals surface area contributed by atoms with Crippen LogP contribution >= 0.6 is 11.3 Å². The van der Waals surface area contributed by atoms with E-state index in [1.165, 1.54) is 11.3 Å². The Hall–Kier alpha value is -2.39. The van der Waals surface area contributed by atoms with Crippen molar-refractivity contribution in [3.8, 4) is 0 Å². The second-order valence-electron chi connectivity index (χ2n) is 6.13. The summed E-state index contributed by atoms with van der Waals surface area (Å²) in [6, 6.07) is 0. The summed E-state index contributed by atoms with van der Waals surface area (Å²) < 4.78 is 10.8. The lowest BCUT2D eigenvalue weighted by atomic mass is 10.1. The van der Waals surface area contributed by atoms with Crippen LogP contribution in [-0.4, -0.2) is 43.1 Å². The van der Waals surface area contributed by atoms with E-state index >= 15 is 0 Å². The number of carbonyl (C=O) groups is 2. The van der Waals surface area contributed by atoms with Crippen LogP contribution < -0.4 is 15.8 Å². The number of thiazole rings is 1. The van der Waals surface area contributed by atoms with E-state index in [0.717, 1.165) is 23.8 Å². The normalized spacial score (nSPS) is 14.4. The average Bonchev–Trinajstić information content (AvgIpc) is 3.13. The molecule has 8 nitrogen and oxygen atoms in total. The maximum atomic E-state index is 12.5. The summed E-state index contributed by atoms with van der Waals surface area (Å²) in [6.07, 6.45) is 0. The van der Waals surface area contributed by atoms with Crippen molar-refractivity contribution in [1.29, 1.82) is 0 Å². The highest BCUT2D eigenvalue weighted by Crippen LogP contribution is 2.26. The van der Waals surface area contributed by atoms with Gasteiger partial charge in [0.25, 0.3) is 11.8 Å². The van der Waals surface area contributed by atoms with Crippen LogP contribution in [0.2, 0.25) is 0 Å². The number of amides is 2. The van der Waals surface area contributed by atoms with Crippen LogP contribution in [0.3, 0.4) is 0 Å². The molecule has 140 valence electrons. The van der Waals surface area contributed by atoms with Crippen LogP contribution in [0.5, 0.6) is 0 Å². The van der Waals surface area contributed by atoms with Crippen LogP contribution in [0.15, 0.2) is 4.42 Å². The smallest absolute Gasteiger partial charge is 0.281 e. The molecule has 2 aromatic rings. The van der Waals surface area contributed by atoms with E-state index in [1.807, 2.05) is 6.92 Å². The second kappa shape index (κ2) is 7.46. The third kappa shape index (κ3) is 3.58. The summed E-state index contributed by atoms with van der Waals surface area (Å²) in [5, 5.41) is 0.791. The van der Waals surface area contributed by atoms with E-state index in [4.69, 9.17) is 9.15 Å². The molecule has 0 saturated carbocycles. The van der Waals surface area contributed by atoms with Crippen molar-refractivity contribution in [2.75, 3.05) is 31.2 Å². The molecule has 1 saturated heterocycles. The first-order valence-electron chi connectivity index (χ1n) is 8.36. The molecule has 1 aliphatic heterocycles. The van der Waals surface area contributed by atoms with Crippen LogP contribution in [-0.2, 0) is 4.74 Å². The Kier molecular flexibility index (Phi) is 5.28. The third-order valence-electron chi connectivity index (χ3n) is 4.35. The van der Waals surface area contributed by atoms with Gasteiger partial charge >= 0.3 is 0 Å². The zero-order valence-corrected chi connectivity index (χ0v) is 16.1. The standard InChI is InChI=1S/C17H22N4O4S/c1-9-11(3)25-12(4)13(9)15(22)19-20-16(23)14-10(2)18-17(26-14)21-5-7-24-8-6-21/h5-8H2,1-4H3,(H,19,22)(H,20,23). The van der Waals surface area contributed by atoms with Gasteiger partial charge in [0.1, 0.15) is 16.4 Å². The molecule has 0 aliphatic carbocycles. The molecule has 3 rings (SSSR count). The first kappa shape index (κ1) is 18.4. The van der Waals surface area contributed by atoms with Gasteiger partial charge in [-0.3, -0.25) is 20.4 Å². The molecule has 0 spiro atoms. The largest absolute Gasteiger partial charge is 0.466 e. The Bertz CT molecular complexity index is 836. The number of aryl methyl sites for hydroxylation is 3. The quantitative estimate of drug-likeness (QED) is 0.792. The number of furan rings is 1. The molecule has 2 amide bonds. The van der Waals surface area contributed by atoms with Crippen molar-refractivity contribution >= 4 is 28.3 Å². The fourth-order valence-corrected chi connectivity index (χ4v) is 3.86. The number of carbonyl (C=O) groups excluding carboxylic acids is 2. The van der Waals surface area contributed by atoms with Crippen molar-refractivity contribution in [1.82, 2.24) is 15.8 Å². The van der Waals surface area contributed by atoms with Gasteiger partial charge in [-0.05, 0) is 27.7 Å². The number of hydrazine groups is 1. The van der Waals surface area contributed by atoms with Gasteiger partial charge in [0.15, 0.2) is 5.13 Å². The fourth-order valence-electron chi connectivity index (χ4n) is 2.84. The molecule has 0 atom stereocenters. The number of anilines is 1. The molecule has 3 heterocycles. The highest BCUT2D eigenvalue weighted by Gasteiger charge is 2.22. The number of rotatable bonds is 3. The number of nitrogens with zero attached hydrogens (tertiary/aromatic N) is 2. The predicted molar refractivity (Wildman–Crippen MR) is 97.7 cm³/mol. The zero-order valence-electron chi connectivity index (χ0n) is 15.3. The number of ether oxygens (including phenoxy) is 1. The number of morpholine rings is 1.